The summed E-state index contributed by atoms with van der Waals surface area (Å²) in [5.74, 6) is -1.32. The van der Waals surface area contributed by atoms with Gasteiger partial charge in [0.15, 0.2) is 6.04 Å². The number of amides is 2. The number of rotatable bonds is 6. The molecule has 7 heteroatoms. The first kappa shape index (κ1) is 16.4. The maximum atomic E-state index is 12.0. The van der Waals surface area contributed by atoms with E-state index in [-0.39, 0.29) is 12.3 Å². The molecule has 0 radical (unpaired) electrons. The number of methoxy groups -OCH3 is 1. The van der Waals surface area contributed by atoms with Crippen molar-refractivity contribution in [3.63, 3.8) is 0 Å². The minimum absolute atomic E-state index is 0.0579. The summed E-state index contributed by atoms with van der Waals surface area (Å²) >= 11 is 0. The number of nitrogens with zero attached hydrogens (tertiary/aromatic N) is 1. The van der Waals surface area contributed by atoms with Gasteiger partial charge in [-0.3, -0.25) is 9.59 Å². The Hall–Kier alpha value is -1.63. The molecule has 114 valence electrons. The fraction of sp³-hybridized carbons (Fsp3) is 0.769. The molecule has 2 unspecified atom stereocenters. The molecule has 20 heavy (non-hydrogen) atoms. The monoisotopic (exact) mass is 286 g/mol. The van der Waals surface area contributed by atoms with E-state index in [2.05, 4.69) is 10.1 Å². The minimum Gasteiger partial charge on any atom is -0.467 e. The van der Waals surface area contributed by atoms with Crippen LogP contribution in [0.4, 0.5) is 0 Å². The molecule has 0 bridgehead atoms. The zero-order valence-corrected chi connectivity index (χ0v) is 12.1. The van der Waals surface area contributed by atoms with E-state index in [1.807, 2.05) is 13.8 Å². The van der Waals surface area contributed by atoms with Crippen LogP contribution in [0.3, 0.4) is 0 Å². The maximum absolute atomic E-state index is 12.0. The van der Waals surface area contributed by atoms with Crippen molar-refractivity contribution >= 4 is 17.8 Å². The standard InChI is InChI=1S/C13H22N2O5/c1-8(2)5-15-6-9(4-11(15)17)12(18)14-10(7-16)13(19)20-3/h8-10,16H,4-7H2,1-3H3,(H,14,18). The summed E-state index contributed by atoms with van der Waals surface area (Å²) in [4.78, 5) is 36.7. The molecule has 1 rings (SSSR count). The number of hydrogen-bond acceptors (Lipinski definition) is 5. The SMILES string of the molecule is COC(=O)C(CO)NC(=O)C1CC(=O)N(CC(C)C)C1. The van der Waals surface area contributed by atoms with Crippen molar-refractivity contribution in [2.45, 2.75) is 26.3 Å². The zero-order valence-electron chi connectivity index (χ0n) is 12.1. The second kappa shape index (κ2) is 7.23. The lowest BCUT2D eigenvalue weighted by atomic mass is 10.1. The van der Waals surface area contributed by atoms with Crippen LogP contribution in [-0.4, -0.2) is 60.6 Å². The predicted octanol–water partition coefficient (Wildman–Crippen LogP) is -0.859. The van der Waals surface area contributed by atoms with E-state index in [1.165, 1.54) is 7.11 Å². The average Bonchev–Trinajstić information content (AvgIpc) is 2.75. The zero-order chi connectivity index (χ0) is 15.3. The topological polar surface area (TPSA) is 95.9 Å². The van der Waals surface area contributed by atoms with Crippen molar-refractivity contribution in [1.29, 1.82) is 0 Å². The highest BCUT2D eigenvalue weighted by Gasteiger charge is 2.35. The first-order chi connectivity index (χ1) is 9.38. The third kappa shape index (κ3) is 4.19. The van der Waals surface area contributed by atoms with Gasteiger partial charge in [0.2, 0.25) is 11.8 Å². The Balaban J connectivity index is 2.57. The summed E-state index contributed by atoms with van der Waals surface area (Å²) in [6.07, 6.45) is 0.137. The van der Waals surface area contributed by atoms with E-state index < -0.39 is 30.4 Å². The number of hydrogen-bond donors (Lipinski definition) is 2. The highest BCUT2D eigenvalue weighted by Crippen LogP contribution is 2.19. The van der Waals surface area contributed by atoms with Gasteiger partial charge in [0, 0.05) is 19.5 Å². The van der Waals surface area contributed by atoms with Crippen molar-refractivity contribution in [2.75, 3.05) is 26.8 Å². The smallest absolute Gasteiger partial charge is 0.330 e. The first-order valence-corrected chi connectivity index (χ1v) is 6.65. The summed E-state index contributed by atoms with van der Waals surface area (Å²) < 4.78 is 4.47. The van der Waals surface area contributed by atoms with Crippen LogP contribution in [0.2, 0.25) is 0 Å². The highest BCUT2D eigenvalue weighted by atomic mass is 16.5. The summed E-state index contributed by atoms with van der Waals surface area (Å²) in [7, 11) is 1.18. The van der Waals surface area contributed by atoms with Gasteiger partial charge in [-0.2, -0.15) is 0 Å². The Labute approximate surface area is 118 Å². The molecular weight excluding hydrogens is 264 g/mol. The molecule has 2 amide bonds. The summed E-state index contributed by atoms with van der Waals surface area (Å²) in [5, 5.41) is 11.5. The van der Waals surface area contributed by atoms with Gasteiger partial charge in [0.25, 0.3) is 0 Å². The Morgan fingerprint density at radius 3 is 2.65 bits per heavy atom. The third-order valence-corrected chi connectivity index (χ3v) is 3.16. The average molecular weight is 286 g/mol. The van der Waals surface area contributed by atoms with Crippen molar-refractivity contribution in [3.05, 3.63) is 0 Å². The molecule has 1 aliphatic rings. The van der Waals surface area contributed by atoms with Crippen molar-refractivity contribution in [1.82, 2.24) is 10.2 Å². The van der Waals surface area contributed by atoms with Gasteiger partial charge in [-0.15, -0.1) is 0 Å². The second-order valence-electron chi connectivity index (χ2n) is 5.36. The number of nitrogens with one attached hydrogen (secondary N) is 1. The molecule has 0 aromatic carbocycles. The number of likely N-dealkylation sites (tertiary alicyclic amines) is 1. The van der Waals surface area contributed by atoms with Crippen LogP contribution < -0.4 is 5.32 Å². The lowest BCUT2D eigenvalue weighted by molar-refractivity contribution is -0.146. The number of esters is 1. The quantitative estimate of drug-likeness (QED) is 0.620. The van der Waals surface area contributed by atoms with Gasteiger partial charge < -0.3 is 20.1 Å². The maximum Gasteiger partial charge on any atom is 0.330 e. The summed E-state index contributed by atoms with van der Waals surface area (Å²) in [6.45, 7) is 4.43. The molecular formula is C13H22N2O5. The molecule has 2 N–H and O–H groups in total. The Bertz CT molecular complexity index is 383. The van der Waals surface area contributed by atoms with E-state index in [0.717, 1.165) is 0 Å². The van der Waals surface area contributed by atoms with Crippen LogP contribution in [0, 0.1) is 11.8 Å². The van der Waals surface area contributed by atoms with Gasteiger partial charge in [-0.05, 0) is 5.92 Å². The number of ether oxygens (including phenoxy) is 1. The van der Waals surface area contributed by atoms with Crippen molar-refractivity contribution < 1.29 is 24.2 Å². The second-order valence-corrected chi connectivity index (χ2v) is 5.36. The van der Waals surface area contributed by atoms with Crippen LogP contribution in [0.25, 0.3) is 0 Å². The third-order valence-electron chi connectivity index (χ3n) is 3.16. The fourth-order valence-corrected chi connectivity index (χ4v) is 2.18. The fourth-order valence-electron chi connectivity index (χ4n) is 2.18. The van der Waals surface area contributed by atoms with Crippen LogP contribution in [0.15, 0.2) is 0 Å². The van der Waals surface area contributed by atoms with E-state index in [4.69, 9.17) is 5.11 Å². The predicted molar refractivity (Wildman–Crippen MR) is 70.6 cm³/mol. The molecule has 0 saturated carbocycles. The van der Waals surface area contributed by atoms with Gasteiger partial charge in [0.1, 0.15) is 0 Å². The molecule has 1 saturated heterocycles. The number of carbonyl (C=O) groups excluding carboxylic acids is 3. The molecule has 0 aromatic heterocycles. The van der Waals surface area contributed by atoms with Crippen LogP contribution in [-0.2, 0) is 19.1 Å². The van der Waals surface area contributed by atoms with Gasteiger partial charge in [-0.25, -0.2) is 4.79 Å². The van der Waals surface area contributed by atoms with Crippen molar-refractivity contribution in [3.8, 4) is 0 Å². The molecule has 0 spiro atoms. The van der Waals surface area contributed by atoms with Crippen LogP contribution in [0.1, 0.15) is 20.3 Å². The largest absolute Gasteiger partial charge is 0.467 e. The molecule has 0 aromatic rings. The van der Waals surface area contributed by atoms with E-state index >= 15 is 0 Å². The summed E-state index contributed by atoms with van der Waals surface area (Å²) in [6, 6.07) is -1.08. The van der Waals surface area contributed by atoms with Crippen LogP contribution in [0.5, 0.6) is 0 Å². The Morgan fingerprint density at radius 1 is 1.50 bits per heavy atom. The molecule has 1 fully saturated rings. The molecule has 0 aliphatic carbocycles. The number of aliphatic hydroxyl groups is 1. The highest BCUT2D eigenvalue weighted by molar-refractivity contribution is 5.91. The van der Waals surface area contributed by atoms with Crippen molar-refractivity contribution in [2.24, 2.45) is 11.8 Å². The molecule has 1 aliphatic heterocycles. The first-order valence-electron chi connectivity index (χ1n) is 6.65. The van der Waals surface area contributed by atoms with E-state index in [9.17, 15) is 14.4 Å². The number of aliphatic hydroxyl groups excluding tert-OH is 1. The molecule has 1 heterocycles. The normalized spacial score (nSPS) is 20.1. The van der Waals surface area contributed by atoms with Crippen LogP contribution >= 0.6 is 0 Å². The van der Waals surface area contributed by atoms with E-state index in [0.29, 0.717) is 19.0 Å². The molecule has 2 atom stereocenters. The lowest BCUT2D eigenvalue weighted by Crippen LogP contribution is -2.46. The minimum atomic E-state index is -1.08. The van der Waals surface area contributed by atoms with Gasteiger partial charge in [-0.1, -0.05) is 13.8 Å². The lowest BCUT2D eigenvalue weighted by Gasteiger charge is -2.19. The van der Waals surface area contributed by atoms with Gasteiger partial charge in [0.05, 0.1) is 19.6 Å². The Kier molecular flexibility index (Phi) is 5.94. The van der Waals surface area contributed by atoms with E-state index in [1.54, 1.807) is 4.90 Å². The Morgan fingerprint density at radius 2 is 2.15 bits per heavy atom. The summed E-state index contributed by atoms with van der Waals surface area (Å²) in [5.41, 5.74) is 0. The van der Waals surface area contributed by atoms with Gasteiger partial charge >= 0.3 is 5.97 Å². The molecule has 7 nitrogen and oxygen atoms in total. The number of carbonyl (C=O) groups is 3.